The predicted octanol–water partition coefficient (Wildman–Crippen LogP) is 9.74. The smallest absolute Gasteiger partial charge is 0.159 e. The Kier molecular flexibility index (Phi) is 8.08. The zero-order chi connectivity index (χ0) is 24.9. The highest BCUT2D eigenvalue weighted by Crippen LogP contribution is 2.41. The summed E-state index contributed by atoms with van der Waals surface area (Å²) in [4.78, 5) is 12.1. The fraction of sp³-hybridized carbons (Fsp3) is 0.303. The number of benzene rings is 3. The minimum Gasteiger partial charge on any atom is -0.295 e. The maximum atomic E-state index is 12.1. The normalized spacial score (nSPS) is 14.0. The number of ketones is 1. The van der Waals surface area contributed by atoms with Gasteiger partial charge in [0, 0.05) is 10.6 Å². The van der Waals surface area contributed by atoms with Gasteiger partial charge in [-0.15, -0.1) is 0 Å². The number of Topliss-reactive ketones (excluding diaryl/α,β-unsaturated/α-hetero) is 1. The van der Waals surface area contributed by atoms with E-state index in [-0.39, 0.29) is 5.78 Å². The molecule has 0 saturated carbocycles. The highest BCUT2D eigenvalue weighted by molar-refractivity contribution is 6.30. The van der Waals surface area contributed by atoms with Gasteiger partial charge < -0.3 is 0 Å². The first-order valence-corrected chi connectivity index (χ1v) is 13.2. The molecule has 0 aromatic heterocycles. The molecule has 0 fully saturated rings. The number of hydrogen-bond donors (Lipinski definition) is 0. The van der Waals surface area contributed by atoms with Gasteiger partial charge in [-0.05, 0) is 109 Å². The summed E-state index contributed by atoms with van der Waals surface area (Å²) in [7, 11) is 0. The van der Waals surface area contributed by atoms with Crippen molar-refractivity contribution in [2.75, 3.05) is 0 Å². The van der Waals surface area contributed by atoms with E-state index in [0.717, 1.165) is 42.7 Å². The van der Waals surface area contributed by atoms with E-state index in [2.05, 4.69) is 75.4 Å². The molecule has 1 aliphatic rings. The fourth-order valence-electron chi connectivity index (χ4n) is 5.23. The molecule has 0 N–H and O–H groups in total. The van der Waals surface area contributed by atoms with E-state index in [1.54, 1.807) is 6.92 Å². The van der Waals surface area contributed by atoms with Crippen LogP contribution in [0.4, 0.5) is 0 Å². The summed E-state index contributed by atoms with van der Waals surface area (Å²) in [6.07, 6.45) is 8.75. The first-order valence-electron chi connectivity index (χ1n) is 12.8. The second-order valence-corrected chi connectivity index (χ2v) is 10.1. The number of fused-ring (bicyclic) bond motifs is 1. The number of rotatable bonds is 7. The van der Waals surface area contributed by atoms with E-state index in [1.807, 2.05) is 12.1 Å². The Labute approximate surface area is 215 Å². The Morgan fingerprint density at radius 1 is 0.943 bits per heavy atom. The molecule has 0 aliphatic heterocycles. The summed E-state index contributed by atoms with van der Waals surface area (Å²) in [5, 5.41) is 0.767. The number of hydrogen-bond acceptors (Lipinski definition) is 1. The maximum absolute atomic E-state index is 12.1. The van der Waals surface area contributed by atoms with Crippen molar-refractivity contribution in [3.63, 3.8) is 0 Å². The minimum absolute atomic E-state index is 0.117. The van der Waals surface area contributed by atoms with Crippen molar-refractivity contribution in [1.29, 1.82) is 0 Å². The first kappa shape index (κ1) is 25.2. The number of halogens is 1. The molecule has 0 heterocycles. The van der Waals surface area contributed by atoms with Crippen molar-refractivity contribution < 1.29 is 4.79 Å². The Morgan fingerprint density at radius 2 is 1.69 bits per heavy atom. The Bertz CT molecular complexity index is 1290. The van der Waals surface area contributed by atoms with Gasteiger partial charge in [-0.1, -0.05) is 86.0 Å². The number of aryl methyl sites for hydroxylation is 2. The van der Waals surface area contributed by atoms with Gasteiger partial charge in [0.15, 0.2) is 5.78 Å². The van der Waals surface area contributed by atoms with Crippen LogP contribution in [-0.2, 0) is 6.42 Å². The lowest BCUT2D eigenvalue weighted by molar-refractivity contribution is 0.101. The lowest BCUT2D eigenvalue weighted by atomic mass is 9.85. The fourth-order valence-corrected chi connectivity index (χ4v) is 5.45. The summed E-state index contributed by atoms with van der Waals surface area (Å²) >= 11 is 6.31. The molecule has 35 heavy (non-hydrogen) atoms. The topological polar surface area (TPSA) is 17.1 Å². The van der Waals surface area contributed by atoms with Gasteiger partial charge in [-0.3, -0.25) is 4.79 Å². The third-order valence-corrected chi connectivity index (χ3v) is 7.30. The molecule has 0 atom stereocenters. The van der Waals surface area contributed by atoms with Crippen molar-refractivity contribution in [3.8, 4) is 0 Å². The van der Waals surface area contributed by atoms with Crippen LogP contribution in [0.25, 0.3) is 17.2 Å². The van der Waals surface area contributed by atoms with Crippen molar-refractivity contribution in [2.24, 2.45) is 0 Å². The quantitative estimate of drug-likeness (QED) is 0.306. The number of carbonyl (C=O) groups excluding carboxylic acids is 1. The summed E-state index contributed by atoms with van der Waals surface area (Å²) in [6, 6.07) is 21.5. The average Bonchev–Trinajstić information content (AvgIpc) is 3.03. The van der Waals surface area contributed by atoms with Crippen LogP contribution in [0.2, 0.25) is 5.02 Å². The molecule has 2 heteroatoms. The summed E-state index contributed by atoms with van der Waals surface area (Å²) < 4.78 is 0. The van der Waals surface area contributed by atoms with Gasteiger partial charge in [-0.2, -0.15) is 0 Å². The standard InChI is InChI=1S/C33H35ClO/c1-5-8-24(6-2)20-25-11-13-26(14-12-25)33-31-17-15-27(23(4)35)21-28(31)9-7-10-32(33)30-18-16-29(34)19-22(30)3/h11-21H,5-10H2,1-4H3/b24-20+. The van der Waals surface area contributed by atoms with Crippen LogP contribution in [-0.4, -0.2) is 5.78 Å². The molecule has 0 bridgehead atoms. The largest absolute Gasteiger partial charge is 0.295 e. The van der Waals surface area contributed by atoms with Crippen LogP contribution in [0.15, 0.2) is 66.2 Å². The third kappa shape index (κ3) is 5.68. The minimum atomic E-state index is 0.117. The number of carbonyl (C=O) groups is 1. The van der Waals surface area contributed by atoms with Gasteiger partial charge >= 0.3 is 0 Å². The zero-order valence-corrected chi connectivity index (χ0v) is 22.1. The third-order valence-electron chi connectivity index (χ3n) is 7.06. The lowest BCUT2D eigenvalue weighted by Gasteiger charge is -2.19. The van der Waals surface area contributed by atoms with Crippen molar-refractivity contribution in [2.45, 2.75) is 66.2 Å². The predicted molar refractivity (Wildman–Crippen MR) is 151 cm³/mol. The molecule has 3 aromatic rings. The van der Waals surface area contributed by atoms with Crippen LogP contribution in [0, 0.1) is 6.92 Å². The van der Waals surface area contributed by atoms with E-state index >= 15 is 0 Å². The van der Waals surface area contributed by atoms with Gasteiger partial charge in [0.1, 0.15) is 0 Å². The van der Waals surface area contributed by atoms with Crippen LogP contribution in [0.5, 0.6) is 0 Å². The molecule has 1 aliphatic carbocycles. The molecule has 1 nitrogen and oxygen atoms in total. The van der Waals surface area contributed by atoms with Gasteiger partial charge in [0.25, 0.3) is 0 Å². The van der Waals surface area contributed by atoms with E-state index < -0.39 is 0 Å². The average molecular weight is 483 g/mol. The molecule has 0 spiro atoms. The van der Waals surface area contributed by atoms with Gasteiger partial charge in [-0.25, -0.2) is 0 Å². The molecule has 0 saturated heterocycles. The lowest BCUT2D eigenvalue weighted by Crippen LogP contribution is -2.00. The second kappa shape index (κ2) is 11.2. The highest BCUT2D eigenvalue weighted by atomic mass is 35.5. The molecule has 0 radical (unpaired) electrons. The first-order chi connectivity index (χ1) is 16.9. The monoisotopic (exact) mass is 482 g/mol. The highest BCUT2D eigenvalue weighted by Gasteiger charge is 2.22. The van der Waals surface area contributed by atoms with Crippen LogP contribution in [0.1, 0.15) is 96.6 Å². The maximum Gasteiger partial charge on any atom is 0.159 e. The zero-order valence-electron chi connectivity index (χ0n) is 21.4. The van der Waals surface area contributed by atoms with Crippen molar-refractivity contribution >= 4 is 34.6 Å². The molecule has 0 amide bonds. The van der Waals surface area contributed by atoms with Crippen LogP contribution < -0.4 is 0 Å². The van der Waals surface area contributed by atoms with E-state index in [9.17, 15) is 4.79 Å². The molecular formula is C33H35ClO. The Morgan fingerprint density at radius 3 is 2.34 bits per heavy atom. The van der Waals surface area contributed by atoms with E-state index in [0.29, 0.717) is 0 Å². The summed E-state index contributed by atoms with van der Waals surface area (Å²) in [6.45, 7) is 8.26. The van der Waals surface area contributed by atoms with Crippen LogP contribution in [0.3, 0.4) is 0 Å². The molecule has 0 unspecified atom stereocenters. The SMILES string of the molecule is CCC/C(=C/c1ccc(C2=C(c3ccc(Cl)cc3C)CCCc3cc(C(C)=O)ccc32)cc1)CC. The van der Waals surface area contributed by atoms with E-state index in [1.165, 1.54) is 56.5 Å². The van der Waals surface area contributed by atoms with E-state index in [4.69, 9.17) is 11.6 Å². The molecule has 180 valence electrons. The van der Waals surface area contributed by atoms with Crippen molar-refractivity contribution in [3.05, 3.63) is 110 Å². The van der Waals surface area contributed by atoms with Gasteiger partial charge in [0.2, 0.25) is 0 Å². The van der Waals surface area contributed by atoms with Crippen LogP contribution >= 0.6 is 11.6 Å². The summed E-state index contributed by atoms with van der Waals surface area (Å²) in [5.74, 6) is 0.117. The Balaban J connectivity index is 1.90. The summed E-state index contributed by atoms with van der Waals surface area (Å²) in [5.41, 5.74) is 12.3. The second-order valence-electron chi connectivity index (χ2n) is 9.62. The number of allylic oxidation sites excluding steroid dienone is 2. The molecule has 3 aromatic carbocycles. The van der Waals surface area contributed by atoms with Gasteiger partial charge in [0.05, 0.1) is 0 Å². The molecule has 4 rings (SSSR count). The molecular weight excluding hydrogens is 448 g/mol. The van der Waals surface area contributed by atoms with Crippen molar-refractivity contribution in [1.82, 2.24) is 0 Å². The Hall–Kier alpha value is -2.90.